The maximum atomic E-state index is 12.3. The molecule has 1 aromatic carbocycles. The molecular weight excluding hydrogens is 328 g/mol. The van der Waals surface area contributed by atoms with Gasteiger partial charge in [0.05, 0.1) is 29.6 Å². The highest BCUT2D eigenvalue weighted by molar-refractivity contribution is 6.30. The lowest BCUT2D eigenvalue weighted by Gasteiger charge is -2.18. The van der Waals surface area contributed by atoms with Crippen LogP contribution >= 0.6 is 11.6 Å². The number of aromatic nitrogens is 4. The van der Waals surface area contributed by atoms with Crippen molar-refractivity contribution in [3.63, 3.8) is 0 Å². The van der Waals surface area contributed by atoms with Crippen LogP contribution in [-0.4, -0.2) is 37.5 Å². The lowest BCUT2D eigenvalue weighted by atomic mass is 10.3. The average Bonchev–Trinajstić information content (AvgIpc) is 3.18. The molecule has 24 heavy (non-hydrogen) atoms. The van der Waals surface area contributed by atoms with Crippen molar-refractivity contribution in [2.75, 3.05) is 12.4 Å². The van der Waals surface area contributed by atoms with E-state index in [0.717, 1.165) is 11.4 Å². The molecule has 1 N–H and O–H groups in total. The second kappa shape index (κ2) is 6.76. The Labute approximate surface area is 144 Å². The number of urea groups is 1. The largest absolute Gasteiger partial charge is 0.351 e. The Kier molecular flexibility index (Phi) is 4.52. The Hall–Kier alpha value is -2.80. The van der Waals surface area contributed by atoms with Gasteiger partial charge in [-0.1, -0.05) is 16.8 Å². The van der Waals surface area contributed by atoms with Crippen LogP contribution < -0.4 is 5.32 Å². The standard InChI is InChI=1S/C16H17ClN6O/c1-21-10-12(17)9-15(21)11-22(2)16(24)19-13-3-5-14(6-4-13)23-8-7-18-20-23/h3-10H,11H2,1-2H3,(H,19,24). The topological polar surface area (TPSA) is 68.0 Å². The molecule has 0 saturated heterocycles. The van der Waals surface area contributed by atoms with Gasteiger partial charge in [-0.15, -0.1) is 5.10 Å². The third-order valence-corrected chi connectivity index (χ3v) is 3.83. The summed E-state index contributed by atoms with van der Waals surface area (Å²) < 4.78 is 3.55. The number of carbonyl (C=O) groups excluding carboxylic acids is 1. The highest BCUT2D eigenvalue weighted by Gasteiger charge is 2.12. The van der Waals surface area contributed by atoms with E-state index >= 15 is 0 Å². The zero-order valence-corrected chi connectivity index (χ0v) is 14.1. The smallest absolute Gasteiger partial charge is 0.321 e. The predicted octanol–water partition coefficient (Wildman–Crippen LogP) is 2.92. The molecule has 0 aliphatic carbocycles. The molecule has 0 aliphatic rings. The maximum absolute atomic E-state index is 12.3. The van der Waals surface area contributed by atoms with E-state index in [4.69, 9.17) is 11.6 Å². The molecule has 0 saturated carbocycles. The molecule has 124 valence electrons. The van der Waals surface area contributed by atoms with E-state index in [1.54, 1.807) is 29.0 Å². The number of hydrogen-bond donors (Lipinski definition) is 1. The first-order chi connectivity index (χ1) is 11.5. The maximum Gasteiger partial charge on any atom is 0.321 e. The van der Waals surface area contributed by atoms with E-state index in [1.807, 2.05) is 48.1 Å². The first-order valence-electron chi connectivity index (χ1n) is 7.32. The Morgan fingerprint density at radius 1 is 1.33 bits per heavy atom. The van der Waals surface area contributed by atoms with Gasteiger partial charge in [0.2, 0.25) is 0 Å². The zero-order chi connectivity index (χ0) is 17.1. The SMILES string of the molecule is CN(Cc1cc(Cl)cn1C)C(=O)Nc1ccc(-n2ccnn2)cc1. The fourth-order valence-corrected chi connectivity index (χ4v) is 2.57. The summed E-state index contributed by atoms with van der Waals surface area (Å²) in [4.78, 5) is 13.9. The number of carbonyl (C=O) groups is 1. The van der Waals surface area contributed by atoms with Gasteiger partial charge >= 0.3 is 6.03 Å². The van der Waals surface area contributed by atoms with Crippen molar-refractivity contribution in [3.8, 4) is 5.69 Å². The minimum atomic E-state index is -0.194. The van der Waals surface area contributed by atoms with Crippen LogP contribution in [0.3, 0.4) is 0 Å². The number of nitrogens with one attached hydrogen (secondary N) is 1. The van der Waals surface area contributed by atoms with Crippen LogP contribution in [0, 0.1) is 0 Å². The van der Waals surface area contributed by atoms with Crippen LogP contribution in [0.5, 0.6) is 0 Å². The van der Waals surface area contributed by atoms with Crippen LogP contribution in [0.25, 0.3) is 5.69 Å². The lowest BCUT2D eigenvalue weighted by Crippen LogP contribution is -2.31. The first-order valence-corrected chi connectivity index (χ1v) is 7.70. The normalized spacial score (nSPS) is 10.6. The zero-order valence-electron chi connectivity index (χ0n) is 13.3. The minimum Gasteiger partial charge on any atom is -0.351 e. The molecule has 2 heterocycles. The number of benzene rings is 1. The number of anilines is 1. The fraction of sp³-hybridized carbons (Fsp3) is 0.188. The van der Waals surface area contributed by atoms with E-state index in [2.05, 4.69) is 15.6 Å². The van der Waals surface area contributed by atoms with Gasteiger partial charge < -0.3 is 14.8 Å². The number of nitrogens with zero attached hydrogens (tertiary/aromatic N) is 5. The summed E-state index contributed by atoms with van der Waals surface area (Å²) in [5, 5.41) is 11.2. The Bertz CT molecular complexity index is 825. The van der Waals surface area contributed by atoms with Crippen molar-refractivity contribution in [2.45, 2.75) is 6.54 Å². The van der Waals surface area contributed by atoms with E-state index in [9.17, 15) is 4.79 Å². The average molecular weight is 345 g/mol. The van der Waals surface area contributed by atoms with Gasteiger partial charge in [-0.25, -0.2) is 9.48 Å². The number of hydrogen-bond acceptors (Lipinski definition) is 3. The molecule has 0 bridgehead atoms. The number of halogens is 1. The Balaban J connectivity index is 1.62. The molecular formula is C16H17ClN6O. The van der Waals surface area contributed by atoms with Gasteiger partial charge in [-0.2, -0.15) is 0 Å². The first kappa shape index (κ1) is 16.1. The second-order valence-corrected chi connectivity index (χ2v) is 5.88. The molecule has 0 aliphatic heterocycles. The predicted molar refractivity (Wildman–Crippen MR) is 92.3 cm³/mol. The number of rotatable bonds is 4. The summed E-state index contributed by atoms with van der Waals surface area (Å²) in [6, 6.07) is 9.02. The molecule has 7 nitrogen and oxygen atoms in total. The molecule has 0 fully saturated rings. The summed E-state index contributed by atoms with van der Waals surface area (Å²) in [5.41, 5.74) is 2.54. The molecule has 0 spiro atoms. The van der Waals surface area contributed by atoms with Crippen LogP contribution in [0.1, 0.15) is 5.69 Å². The molecule has 2 aromatic heterocycles. The molecule has 0 atom stereocenters. The quantitative estimate of drug-likeness (QED) is 0.791. The monoisotopic (exact) mass is 344 g/mol. The van der Waals surface area contributed by atoms with Crippen molar-refractivity contribution in [2.24, 2.45) is 7.05 Å². The van der Waals surface area contributed by atoms with Gasteiger partial charge in [0.1, 0.15) is 0 Å². The third-order valence-electron chi connectivity index (χ3n) is 3.63. The van der Waals surface area contributed by atoms with E-state index < -0.39 is 0 Å². The summed E-state index contributed by atoms with van der Waals surface area (Å²) in [5.74, 6) is 0. The van der Waals surface area contributed by atoms with Gasteiger partial charge in [0, 0.05) is 31.7 Å². The van der Waals surface area contributed by atoms with Gasteiger partial charge in [0.15, 0.2) is 0 Å². The molecule has 8 heteroatoms. The van der Waals surface area contributed by atoms with Crippen molar-refractivity contribution >= 4 is 23.3 Å². The van der Waals surface area contributed by atoms with E-state index in [0.29, 0.717) is 17.3 Å². The fourth-order valence-electron chi connectivity index (χ4n) is 2.30. The van der Waals surface area contributed by atoms with E-state index in [1.165, 1.54) is 0 Å². The Morgan fingerprint density at radius 2 is 2.08 bits per heavy atom. The van der Waals surface area contributed by atoms with Gasteiger partial charge in [0.25, 0.3) is 0 Å². The highest BCUT2D eigenvalue weighted by Crippen LogP contribution is 2.16. The summed E-state index contributed by atoms with van der Waals surface area (Å²) in [6.45, 7) is 0.464. The van der Waals surface area contributed by atoms with Crippen LogP contribution in [0.2, 0.25) is 5.02 Å². The summed E-state index contributed by atoms with van der Waals surface area (Å²) in [7, 11) is 3.63. The van der Waals surface area contributed by atoms with Crippen molar-refractivity contribution in [1.29, 1.82) is 0 Å². The minimum absolute atomic E-state index is 0.194. The molecule has 2 amide bonds. The second-order valence-electron chi connectivity index (χ2n) is 5.44. The lowest BCUT2D eigenvalue weighted by molar-refractivity contribution is 0.220. The Morgan fingerprint density at radius 3 is 2.67 bits per heavy atom. The van der Waals surface area contributed by atoms with Crippen LogP contribution in [0.15, 0.2) is 48.9 Å². The molecule has 3 rings (SSSR count). The molecule has 0 radical (unpaired) electrons. The van der Waals surface area contributed by atoms with Crippen molar-refractivity contribution in [3.05, 3.63) is 59.6 Å². The van der Waals surface area contributed by atoms with Gasteiger partial charge in [-0.05, 0) is 30.3 Å². The molecule has 3 aromatic rings. The summed E-state index contributed by atoms with van der Waals surface area (Å²) >= 11 is 5.96. The summed E-state index contributed by atoms with van der Waals surface area (Å²) in [6.07, 6.45) is 5.18. The van der Waals surface area contributed by atoms with Crippen LogP contribution in [-0.2, 0) is 13.6 Å². The van der Waals surface area contributed by atoms with Crippen molar-refractivity contribution in [1.82, 2.24) is 24.5 Å². The van der Waals surface area contributed by atoms with Gasteiger partial charge in [-0.3, -0.25) is 0 Å². The highest BCUT2D eigenvalue weighted by atomic mass is 35.5. The van der Waals surface area contributed by atoms with Crippen LogP contribution in [0.4, 0.5) is 10.5 Å². The number of aryl methyl sites for hydroxylation is 1. The molecule has 0 unspecified atom stereocenters. The van der Waals surface area contributed by atoms with Crippen molar-refractivity contribution < 1.29 is 4.79 Å². The third kappa shape index (κ3) is 3.57. The van der Waals surface area contributed by atoms with E-state index in [-0.39, 0.29) is 6.03 Å². The number of amides is 2.